The summed E-state index contributed by atoms with van der Waals surface area (Å²) in [6, 6.07) is 0.724. The first kappa shape index (κ1) is 17.3. The van der Waals surface area contributed by atoms with Gasteiger partial charge in [-0.25, -0.2) is 4.79 Å². The topological polar surface area (TPSA) is 35.6 Å². The van der Waals surface area contributed by atoms with E-state index >= 15 is 0 Å². The zero-order valence-corrected chi connectivity index (χ0v) is 14.0. The van der Waals surface area contributed by atoms with Gasteiger partial charge in [0.15, 0.2) is 0 Å². The van der Waals surface area contributed by atoms with Gasteiger partial charge < -0.3 is 15.1 Å². The molecule has 0 aromatic rings. The van der Waals surface area contributed by atoms with Crippen LogP contribution in [0.1, 0.15) is 47.0 Å². The third-order valence-corrected chi connectivity index (χ3v) is 4.25. The highest BCUT2D eigenvalue weighted by molar-refractivity contribution is 5.74. The normalized spacial score (nSPS) is 23.4. The van der Waals surface area contributed by atoms with Crippen LogP contribution in [0.3, 0.4) is 0 Å². The van der Waals surface area contributed by atoms with Crippen molar-refractivity contribution in [2.45, 2.75) is 53.0 Å². The van der Waals surface area contributed by atoms with E-state index in [1.54, 1.807) is 0 Å². The van der Waals surface area contributed by atoms with Gasteiger partial charge in [0.2, 0.25) is 0 Å². The van der Waals surface area contributed by atoms with Crippen molar-refractivity contribution in [3.05, 3.63) is 0 Å². The number of unbranched alkanes of at least 4 members (excludes halogenated alkanes) is 1. The van der Waals surface area contributed by atoms with Crippen molar-refractivity contribution < 1.29 is 4.79 Å². The molecule has 2 atom stereocenters. The zero-order chi connectivity index (χ0) is 15.1. The quantitative estimate of drug-likeness (QED) is 0.761. The Morgan fingerprint density at radius 2 is 1.85 bits per heavy atom. The van der Waals surface area contributed by atoms with E-state index in [4.69, 9.17) is 0 Å². The molecule has 1 rings (SSSR count). The van der Waals surface area contributed by atoms with Crippen LogP contribution in [-0.4, -0.2) is 55.1 Å². The molecule has 0 bridgehead atoms. The molecule has 4 nitrogen and oxygen atoms in total. The maximum absolute atomic E-state index is 12.1. The summed E-state index contributed by atoms with van der Waals surface area (Å²) >= 11 is 0. The molecule has 0 aliphatic carbocycles. The minimum absolute atomic E-state index is 0.126. The molecule has 1 N–H and O–H groups in total. The van der Waals surface area contributed by atoms with Gasteiger partial charge in [0.05, 0.1) is 0 Å². The number of nitrogens with zero attached hydrogens (tertiary/aromatic N) is 2. The van der Waals surface area contributed by atoms with E-state index < -0.39 is 0 Å². The second-order valence-electron chi connectivity index (χ2n) is 6.86. The molecule has 2 amide bonds. The van der Waals surface area contributed by atoms with Gasteiger partial charge in [0.1, 0.15) is 0 Å². The Morgan fingerprint density at radius 1 is 1.25 bits per heavy atom. The lowest BCUT2D eigenvalue weighted by Gasteiger charge is -2.35. The van der Waals surface area contributed by atoms with Crippen LogP contribution in [0.2, 0.25) is 0 Å². The maximum Gasteiger partial charge on any atom is 0.317 e. The highest BCUT2D eigenvalue weighted by atomic mass is 16.2. The lowest BCUT2D eigenvalue weighted by atomic mass is 9.92. The summed E-state index contributed by atoms with van der Waals surface area (Å²) in [5.41, 5.74) is 0. The molecule has 0 spiro atoms. The van der Waals surface area contributed by atoms with Gasteiger partial charge in [-0.15, -0.1) is 0 Å². The van der Waals surface area contributed by atoms with Crippen LogP contribution in [0.4, 0.5) is 4.79 Å². The molecule has 1 aliphatic rings. The highest BCUT2D eigenvalue weighted by Crippen LogP contribution is 2.20. The Balaban J connectivity index is 2.14. The van der Waals surface area contributed by atoms with Crippen molar-refractivity contribution in [3.63, 3.8) is 0 Å². The fourth-order valence-corrected chi connectivity index (χ4v) is 2.88. The number of likely N-dealkylation sites (tertiary alicyclic amines) is 1. The summed E-state index contributed by atoms with van der Waals surface area (Å²) in [4.78, 5) is 16.4. The molecular formula is C16H33N3O. The summed E-state index contributed by atoms with van der Waals surface area (Å²) in [5.74, 6) is 1.26. The Hall–Kier alpha value is -0.770. The lowest BCUT2D eigenvalue weighted by Crippen LogP contribution is -2.47. The number of carbonyl (C=O) groups is 1. The molecule has 0 aromatic heterocycles. The van der Waals surface area contributed by atoms with Gasteiger partial charge in [-0.05, 0) is 58.5 Å². The average molecular weight is 283 g/mol. The first-order valence-corrected chi connectivity index (χ1v) is 8.13. The summed E-state index contributed by atoms with van der Waals surface area (Å²) in [6.07, 6.45) is 3.44. The molecule has 118 valence electrons. The molecule has 4 heteroatoms. The summed E-state index contributed by atoms with van der Waals surface area (Å²) in [5, 5.41) is 3.06. The standard InChI is InChI=1S/C16H33N3O/c1-13(2)18(5)9-7-6-8-17-16(20)19-11-14(3)10-15(4)12-19/h13-15H,6-12H2,1-5H3,(H,17,20). The third-order valence-electron chi connectivity index (χ3n) is 4.25. The van der Waals surface area contributed by atoms with Crippen molar-refractivity contribution in [1.82, 2.24) is 15.1 Å². The van der Waals surface area contributed by atoms with Crippen LogP contribution in [0.25, 0.3) is 0 Å². The average Bonchev–Trinajstić information content (AvgIpc) is 2.36. The van der Waals surface area contributed by atoms with Crippen LogP contribution in [0.5, 0.6) is 0 Å². The number of amides is 2. The lowest BCUT2D eigenvalue weighted by molar-refractivity contribution is 0.146. The van der Waals surface area contributed by atoms with Gasteiger partial charge in [-0.2, -0.15) is 0 Å². The fraction of sp³-hybridized carbons (Fsp3) is 0.938. The van der Waals surface area contributed by atoms with E-state index in [-0.39, 0.29) is 6.03 Å². The van der Waals surface area contributed by atoms with Crippen LogP contribution in [-0.2, 0) is 0 Å². The van der Waals surface area contributed by atoms with E-state index in [1.807, 2.05) is 4.90 Å². The van der Waals surface area contributed by atoms with Crippen molar-refractivity contribution in [2.24, 2.45) is 11.8 Å². The number of piperidine rings is 1. The maximum atomic E-state index is 12.1. The third kappa shape index (κ3) is 6.12. The van der Waals surface area contributed by atoms with Crippen molar-refractivity contribution in [1.29, 1.82) is 0 Å². The first-order chi connectivity index (χ1) is 9.40. The van der Waals surface area contributed by atoms with E-state index in [0.29, 0.717) is 17.9 Å². The van der Waals surface area contributed by atoms with Crippen molar-refractivity contribution >= 4 is 6.03 Å². The number of rotatable bonds is 6. The molecule has 0 aromatic carbocycles. The summed E-state index contributed by atoms with van der Waals surface area (Å²) in [6.45, 7) is 12.6. The molecule has 1 aliphatic heterocycles. The van der Waals surface area contributed by atoms with E-state index in [1.165, 1.54) is 6.42 Å². The smallest absolute Gasteiger partial charge is 0.317 e. The van der Waals surface area contributed by atoms with Gasteiger partial charge in [-0.3, -0.25) is 0 Å². The van der Waals surface area contributed by atoms with Crippen molar-refractivity contribution in [3.8, 4) is 0 Å². The second kappa shape index (κ2) is 8.50. The predicted molar refractivity (Wildman–Crippen MR) is 84.9 cm³/mol. The Labute approximate surface area is 124 Å². The number of nitrogens with one attached hydrogen (secondary N) is 1. The number of urea groups is 1. The van der Waals surface area contributed by atoms with Crippen LogP contribution >= 0.6 is 0 Å². The minimum atomic E-state index is 0.126. The van der Waals surface area contributed by atoms with E-state index in [9.17, 15) is 4.79 Å². The minimum Gasteiger partial charge on any atom is -0.338 e. The fourth-order valence-electron chi connectivity index (χ4n) is 2.88. The molecule has 1 fully saturated rings. The Morgan fingerprint density at radius 3 is 2.40 bits per heavy atom. The second-order valence-corrected chi connectivity index (χ2v) is 6.86. The number of hydrogen-bond acceptors (Lipinski definition) is 2. The number of carbonyl (C=O) groups excluding carboxylic acids is 1. The Bertz CT molecular complexity index is 283. The molecule has 0 radical (unpaired) electrons. The number of hydrogen-bond donors (Lipinski definition) is 1. The van der Waals surface area contributed by atoms with E-state index in [2.05, 4.69) is 45.0 Å². The van der Waals surface area contributed by atoms with Gasteiger partial charge in [0, 0.05) is 25.7 Å². The largest absolute Gasteiger partial charge is 0.338 e. The van der Waals surface area contributed by atoms with Gasteiger partial charge in [0.25, 0.3) is 0 Å². The Kier molecular flexibility index (Phi) is 7.35. The van der Waals surface area contributed by atoms with Gasteiger partial charge >= 0.3 is 6.03 Å². The first-order valence-electron chi connectivity index (χ1n) is 8.13. The molecule has 20 heavy (non-hydrogen) atoms. The summed E-state index contributed by atoms with van der Waals surface area (Å²) in [7, 11) is 2.15. The van der Waals surface area contributed by atoms with Crippen LogP contribution in [0, 0.1) is 11.8 Å². The van der Waals surface area contributed by atoms with Crippen LogP contribution in [0.15, 0.2) is 0 Å². The molecule has 1 heterocycles. The molecular weight excluding hydrogens is 250 g/mol. The van der Waals surface area contributed by atoms with Crippen LogP contribution < -0.4 is 5.32 Å². The monoisotopic (exact) mass is 283 g/mol. The molecule has 0 saturated carbocycles. The molecule has 2 unspecified atom stereocenters. The highest BCUT2D eigenvalue weighted by Gasteiger charge is 2.24. The molecule has 1 saturated heterocycles. The SMILES string of the molecule is CC1CC(C)CN(C(=O)NCCCCN(C)C(C)C)C1. The van der Waals surface area contributed by atoms with Crippen molar-refractivity contribution in [2.75, 3.05) is 33.2 Å². The zero-order valence-electron chi connectivity index (χ0n) is 14.0. The van der Waals surface area contributed by atoms with Gasteiger partial charge in [-0.1, -0.05) is 13.8 Å². The predicted octanol–water partition coefficient (Wildman–Crippen LogP) is 2.79. The summed E-state index contributed by atoms with van der Waals surface area (Å²) < 4.78 is 0. The van der Waals surface area contributed by atoms with E-state index in [0.717, 1.165) is 39.0 Å².